The van der Waals surface area contributed by atoms with E-state index in [1.54, 1.807) is 0 Å². The summed E-state index contributed by atoms with van der Waals surface area (Å²) in [6, 6.07) is 8.73. The molecule has 0 saturated heterocycles. The highest BCUT2D eigenvalue weighted by molar-refractivity contribution is 6.20. The third-order valence-corrected chi connectivity index (χ3v) is 3.53. The molecule has 1 atom stereocenters. The monoisotopic (exact) mass is 234 g/mol. The van der Waals surface area contributed by atoms with Crippen molar-refractivity contribution in [2.45, 2.75) is 44.4 Å². The Morgan fingerprint density at radius 1 is 1.06 bits per heavy atom. The van der Waals surface area contributed by atoms with E-state index in [0.29, 0.717) is 0 Å². The molecule has 0 aliphatic heterocycles. The van der Waals surface area contributed by atoms with Gasteiger partial charge in [-0.3, -0.25) is 0 Å². The second-order valence-electron chi connectivity index (χ2n) is 4.57. The van der Waals surface area contributed by atoms with Gasteiger partial charge in [-0.1, -0.05) is 36.8 Å². The predicted octanol–water partition coefficient (Wildman–Crippen LogP) is 5.33. The summed E-state index contributed by atoms with van der Waals surface area (Å²) in [5.74, 6) is 0. The third-order valence-electron chi connectivity index (χ3n) is 3.28. The zero-order valence-electron chi connectivity index (χ0n) is 9.88. The van der Waals surface area contributed by atoms with Crippen LogP contribution in [-0.4, -0.2) is 0 Å². The van der Waals surface area contributed by atoms with E-state index in [1.807, 2.05) is 6.92 Å². The number of hydrogen-bond acceptors (Lipinski definition) is 0. The minimum absolute atomic E-state index is 0.108. The fraction of sp³-hybridized carbons (Fsp3) is 0.467. The molecular weight excluding hydrogens is 216 g/mol. The van der Waals surface area contributed by atoms with Gasteiger partial charge >= 0.3 is 0 Å². The maximum absolute atomic E-state index is 6.05. The Labute approximate surface area is 103 Å². The highest BCUT2D eigenvalue weighted by Crippen LogP contribution is 2.27. The van der Waals surface area contributed by atoms with Crippen LogP contribution in [0.3, 0.4) is 0 Å². The Kier molecular flexibility index (Phi) is 4.06. The summed E-state index contributed by atoms with van der Waals surface area (Å²) in [7, 11) is 0. The molecule has 1 unspecified atom stereocenters. The molecule has 0 saturated carbocycles. The first kappa shape index (κ1) is 11.7. The molecule has 0 amide bonds. The van der Waals surface area contributed by atoms with E-state index in [4.69, 9.17) is 11.6 Å². The van der Waals surface area contributed by atoms with Gasteiger partial charge in [-0.2, -0.15) is 0 Å². The second-order valence-corrected chi connectivity index (χ2v) is 5.22. The van der Waals surface area contributed by atoms with Gasteiger partial charge in [0.05, 0.1) is 5.38 Å². The van der Waals surface area contributed by atoms with E-state index in [-0.39, 0.29) is 5.38 Å². The number of halogens is 1. The summed E-state index contributed by atoms with van der Waals surface area (Å²) in [5.41, 5.74) is 4.11. The average Bonchev–Trinajstić information content (AvgIpc) is 2.57. The van der Waals surface area contributed by atoms with Gasteiger partial charge in [-0.15, -0.1) is 11.6 Å². The first-order valence-electron chi connectivity index (χ1n) is 6.21. The van der Waals surface area contributed by atoms with Crippen LogP contribution in [-0.2, 0) is 0 Å². The lowest BCUT2D eigenvalue weighted by molar-refractivity contribution is 0.720. The number of allylic oxidation sites excluding steroid dienone is 2. The standard InChI is InChI=1S/C15H19Cl/c1-12(16)13-8-10-15(11-9-13)14-6-4-2-3-5-7-14/h6,8-12H,2-5,7H2,1H3. The van der Waals surface area contributed by atoms with Gasteiger partial charge < -0.3 is 0 Å². The minimum atomic E-state index is 0.108. The molecule has 0 aromatic heterocycles. The van der Waals surface area contributed by atoms with Crippen molar-refractivity contribution in [1.29, 1.82) is 0 Å². The largest absolute Gasteiger partial charge is 0.118 e. The van der Waals surface area contributed by atoms with Crippen molar-refractivity contribution in [3.63, 3.8) is 0 Å². The highest BCUT2D eigenvalue weighted by atomic mass is 35.5. The Bertz CT molecular complexity index is 360. The van der Waals surface area contributed by atoms with Crippen LogP contribution in [0.1, 0.15) is 55.5 Å². The van der Waals surface area contributed by atoms with Gasteiger partial charge in [-0.05, 0) is 49.3 Å². The fourth-order valence-electron chi connectivity index (χ4n) is 2.24. The summed E-state index contributed by atoms with van der Waals surface area (Å²) in [6.45, 7) is 2.02. The molecule has 1 aromatic carbocycles. The van der Waals surface area contributed by atoms with Gasteiger partial charge in [-0.25, -0.2) is 0 Å². The van der Waals surface area contributed by atoms with Crippen molar-refractivity contribution in [3.05, 3.63) is 41.5 Å². The quantitative estimate of drug-likeness (QED) is 0.607. The SMILES string of the molecule is CC(Cl)c1ccc(C2=CCCCCC2)cc1. The molecule has 0 nitrogen and oxygen atoms in total. The van der Waals surface area contributed by atoms with Crippen LogP contribution in [0, 0.1) is 0 Å². The van der Waals surface area contributed by atoms with Crippen LogP contribution in [0.2, 0.25) is 0 Å². The molecule has 0 bridgehead atoms. The van der Waals surface area contributed by atoms with Crippen molar-refractivity contribution >= 4 is 17.2 Å². The van der Waals surface area contributed by atoms with E-state index in [1.165, 1.54) is 48.8 Å². The molecule has 1 aliphatic carbocycles. The Hall–Kier alpha value is -0.750. The summed E-state index contributed by atoms with van der Waals surface area (Å²) < 4.78 is 0. The van der Waals surface area contributed by atoms with E-state index >= 15 is 0 Å². The van der Waals surface area contributed by atoms with Crippen LogP contribution in [0.5, 0.6) is 0 Å². The van der Waals surface area contributed by atoms with Gasteiger partial charge in [0.1, 0.15) is 0 Å². The van der Waals surface area contributed by atoms with E-state index in [0.717, 1.165) is 0 Å². The number of benzene rings is 1. The van der Waals surface area contributed by atoms with Crippen molar-refractivity contribution in [2.75, 3.05) is 0 Å². The molecule has 86 valence electrons. The second kappa shape index (κ2) is 5.54. The van der Waals surface area contributed by atoms with Crippen LogP contribution in [0.15, 0.2) is 30.3 Å². The zero-order valence-corrected chi connectivity index (χ0v) is 10.6. The lowest BCUT2D eigenvalue weighted by atomic mass is 9.99. The normalized spacial score (nSPS) is 18.8. The van der Waals surface area contributed by atoms with Crippen LogP contribution in [0.4, 0.5) is 0 Å². The first-order valence-corrected chi connectivity index (χ1v) is 6.64. The molecule has 2 rings (SSSR count). The molecule has 16 heavy (non-hydrogen) atoms. The molecular formula is C15H19Cl. The third kappa shape index (κ3) is 2.89. The van der Waals surface area contributed by atoms with E-state index < -0.39 is 0 Å². The van der Waals surface area contributed by atoms with Crippen LogP contribution >= 0.6 is 11.6 Å². The van der Waals surface area contributed by atoms with Crippen molar-refractivity contribution < 1.29 is 0 Å². The molecule has 0 N–H and O–H groups in total. The van der Waals surface area contributed by atoms with E-state index in [2.05, 4.69) is 30.3 Å². The molecule has 1 heteroatoms. The average molecular weight is 235 g/mol. The fourth-order valence-corrected chi connectivity index (χ4v) is 2.38. The van der Waals surface area contributed by atoms with Crippen molar-refractivity contribution in [2.24, 2.45) is 0 Å². The number of hydrogen-bond donors (Lipinski definition) is 0. The molecule has 1 aliphatic rings. The maximum Gasteiger partial charge on any atom is 0.0557 e. The molecule has 0 fully saturated rings. The van der Waals surface area contributed by atoms with Crippen LogP contribution in [0.25, 0.3) is 5.57 Å². The van der Waals surface area contributed by atoms with E-state index in [9.17, 15) is 0 Å². The summed E-state index contributed by atoms with van der Waals surface area (Å²) in [5, 5.41) is 0.108. The van der Waals surface area contributed by atoms with Crippen molar-refractivity contribution in [1.82, 2.24) is 0 Å². The molecule has 0 spiro atoms. The van der Waals surface area contributed by atoms with Crippen LogP contribution < -0.4 is 0 Å². The smallest absolute Gasteiger partial charge is 0.0557 e. The minimum Gasteiger partial charge on any atom is -0.118 e. The Balaban J connectivity index is 2.17. The molecule has 1 aromatic rings. The summed E-state index contributed by atoms with van der Waals surface area (Å²) >= 11 is 6.05. The maximum atomic E-state index is 6.05. The van der Waals surface area contributed by atoms with Gasteiger partial charge in [0.15, 0.2) is 0 Å². The topological polar surface area (TPSA) is 0 Å². The number of alkyl halides is 1. The van der Waals surface area contributed by atoms with Gasteiger partial charge in [0, 0.05) is 0 Å². The van der Waals surface area contributed by atoms with Gasteiger partial charge in [0.2, 0.25) is 0 Å². The molecule has 0 radical (unpaired) electrons. The first-order chi connectivity index (χ1) is 7.77. The summed E-state index contributed by atoms with van der Waals surface area (Å²) in [4.78, 5) is 0. The predicted molar refractivity (Wildman–Crippen MR) is 71.8 cm³/mol. The molecule has 0 heterocycles. The highest BCUT2D eigenvalue weighted by Gasteiger charge is 2.06. The lowest BCUT2D eigenvalue weighted by Crippen LogP contribution is -1.87. The van der Waals surface area contributed by atoms with Gasteiger partial charge in [0.25, 0.3) is 0 Å². The van der Waals surface area contributed by atoms with Crippen molar-refractivity contribution in [3.8, 4) is 0 Å². The Morgan fingerprint density at radius 3 is 2.50 bits per heavy atom. The number of rotatable bonds is 2. The summed E-state index contributed by atoms with van der Waals surface area (Å²) in [6.07, 6.45) is 8.93. The Morgan fingerprint density at radius 2 is 1.81 bits per heavy atom. The lowest BCUT2D eigenvalue weighted by Gasteiger charge is -2.08. The zero-order chi connectivity index (χ0) is 11.4.